The molecule has 0 spiro atoms. The number of hydrogen-bond acceptors (Lipinski definition) is 6. The molecule has 2 atom stereocenters. The minimum absolute atomic E-state index is 0. The average Bonchev–Trinajstić information content (AvgIpc) is 3.25. The number of thiophene rings is 1. The van der Waals surface area contributed by atoms with Crippen molar-refractivity contribution < 1.29 is 4.79 Å². The number of fused-ring (bicyclic) bond motifs is 3. The molecule has 2 bridgehead atoms. The number of nitrogens with zero attached hydrogens (tertiary/aromatic N) is 2. The highest BCUT2D eigenvalue weighted by atomic mass is 35.5. The van der Waals surface area contributed by atoms with Crippen LogP contribution in [0.1, 0.15) is 28.9 Å². The van der Waals surface area contributed by atoms with Gasteiger partial charge in [0.15, 0.2) is 5.13 Å². The lowest BCUT2D eigenvalue weighted by molar-refractivity contribution is 0.0685. The van der Waals surface area contributed by atoms with Crippen LogP contribution in [0.25, 0.3) is 9.53 Å². The van der Waals surface area contributed by atoms with Gasteiger partial charge in [-0.05, 0) is 44.0 Å². The Hall–Kier alpha value is -1.38. The molecule has 1 aromatic carbocycles. The predicted octanol–water partition coefficient (Wildman–Crippen LogP) is 4.91. The Balaban J connectivity index is 0.00000112. The van der Waals surface area contributed by atoms with E-state index in [9.17, 15) is 4.79 Å². The van der Waals surface area contributed by atoms with Crippen molar-refractivity contribution in [3.8, 4) is 0 Å². The Kier molecular flexibility index (Phi) is 6.83. The Morgan fingerprint density at radius 1 is 1.11 bits per heavy atom. The van der Waals surface area contributed by atoms with Crippen LogP contribution in [-0.4, -0.2) is 41.0 Å². The maximum Gasteiger partial charge on any atom is 0.264 e. The molecule has 150 valence electrons. The zero-order valence-corrected chi connectivity index (χ0v) is 18.4. The maximum absolute atomic E-state index is 13.1. The van der Waals surface area contributed by atoms with Crippen molar-refractivity contribution in [2.24, 2.45) is 0 Å². The van der Waals surface area contributed by atoms with Crippen molar-refractivity contribution in [1.82, 2.24) is 15.2 Å². The Morgan fingerprint density at radius 3 is 2.68 bits per heavy atom. The van der Waals surface area contributed by atoms with E-state index in [-0.39, 0.29) is 30.7 Å². The van der Waals surface area contributed by atoms with Gasteiger partial charge in [0.2, 0.25) is 0 Å². The van der Waals surface area contributed by atoms with Gasteiger partial charge < -0.3 is 15.5 Å². The van der Waals surface area contributed by atoms with Crippen LogP contribution in [0.2, 0.25) is 0 Å². The minimum atomic E-state index is 0. The second-order valence-electron chi connectivity index (χ2n) is 6.88. The molecule has 3 aromatic rings. The maximum atomic E-state index is 13.1. The van der Waals surface area contributed by atoms with Crippen LogP contribution in [0.5, 0.6) is 0 Å². The highest BCUT2D eigenvalue weighted by Gasteiger charge is 2.38. The summed E-state index contributed by atoms with van der Waals surface area (Å²) in [5, 5.41) is 7.66. The molecule has 5 nitrogen and oxygen atoms in total. The Labute approximate surface area is 184 Å². The largest absolute Gasteiger partial charge is 0.332 e. The van der Waals surface area contributed by atoms with Gasteiger partial charge in [-0.1, -0.05) is 29.5 Å². The van der Waals surface area contributed by atoms with Crippen LogP contribution in [0.4, 0.5) is 10.8 Å². The lowest BCUT2D eigenvalue weighted by atomic mass is 10.1. The second kappa shape index (κ2) is 8.97. The number of carbonyl (C=O) groups is 1. The molecule has 0 aliphatic carbocycles. The third kappa shape index (κ3) is 4.00. The van der Waals surface area contributed by atoms with Gasteiger partial charge in [0.05, 0.1) is 9.58 Å². The summed E-state index contributed by atoms with van der Waals surface area (Å²) in [6.45, 7) is 1.94. The molecular formula is C19H22Cl2N4OS2. The fourth-order valence-corrected chi connectivity index (χ4v) is 6.06. The summed E-state index contributed by atoms with van der Waals surface area (Å²) in [6, 6.07) is 12.8. The Bertz CT molecular complexity index is 900. The molecule has 5 rings (SSSR count). The quantitative estimate of drug-likeness (QED) is 0.587. The van der Waals surface area contributed by atoms with E-state index in [1.807, 2.05) is 36.4 Å². The topological polar surface area (TPSA) is 57.3 Å². The summed E-state index contributed by atoms with van der Waals surface area (Å²) in [5.41, 5.74) is 1.03. The molecule has 2 aliphatic rings. The highest BCUT2D eigenvalue weighted by Crippen LogP contribution is 2.37. The number of amides is 1. The molecular weight excluding hydrogens is 435 g/mol. The molecule has 2 fully saturated rings. The van der Waals surface area contributed by atoms with Gasteiger partial charge in [-0.3, -0.25) is 4.79 Å². The standard InChI is InChI=1S/C19H20N4OS2.2ClH/c24-18(23-13-6-7-14(23)11-20-9-8-13)16-10-15-17(25-16)22-19(26-15)21-12-4-2-1-3-5-12;;/h1-5,10,13-14,20H,6-9,11H2,(H,21,22);2*1H. The van der Waals surface area contributed by atoms with E-state index in [1.165, 1.54) is 11.3 Å². The fraction of sp³-hybridized carbons (Fsp3) is 0.368. The third-order valence-corrected chi connectivity index (χ3v) is 7.28. The van der Waals surface area contributed by atoms with Gasteiger partial charge in [-0.15, -0.1) is 36.2 Å². The molecule has 2 unspecified atom stereocenters. The summed E-state index contributed by atoms with van der Waals surface area (Å²) < 4.78 is 1.08. The summed E-state index contributed by atoms with van der Waals surface area (Å²) >= 11 is 3.12. The van der Waals surface area contributed by atoms with E-state index in [4.69, 9.17) is 0 Å². The minimum Gasteiger partial charge on any atom is -0.332 e. The van der Waals surface area contributed by atoms with Crippen LogP contribution >= 0.6 is 47.5 Å². The number of halogens is 2. The second-order valence-corrected chi connectivity index (χ2v) is 8.94. The average molecular weight is 457 g/mol. The molecule has 0 radical (unpaired) electrons. The number of benzene rings is 1. The molecule has 0 saturated carbocycles. The molecule has 1 amide bonds. The fourth-order valence-electron chi connectivity index (χ4n) is 3.98. The number of para-hydroxylation sites is 1. The monoisotopic (exact) mass is 456 g/mol. The van der Waals surface area contributed by atoms with Crippen molar-refractivity contribution in [2.45, 2.75) is 31.3 Å². The predicted molar refractivity (Wildman–Crippen MR) is 122 cm³/mol. The van der Waals surface area contributed by atoms with E-state index in [0.29, 0.717) is 12.1 Å². The molecule has 2 aliphatic heterocycles. The van der Waals surface area contributed by atoms with E-state index < -0.39 is 0 Å². The first-order valence-corrected chi connectivity index (χ1v) is 10.7. The number of aromatic nitrogens is 1. The first-order valence-electron chi connectivity index (χ1n) is 9.04. The van der Waals surface area contributed by atoms with Crippen molar-refractivity contribution in [3.05, 3.63) is 41.3 Å². The number of rotatable bonds is 3. The van der Waals surface area contributed by atoms with E-state index in [0.717, 1.165) is 57.6 Å². The van der Waals surface area contributed by atoms with Gasteiger partial charge in [0, 0.05) is 24.3 Å². The summed E-state index contributed by atoms with van der Waals surface area (Å²) in [5.74, 6) is 0.189. The van der Waals surface area contributed by atoms with Crippen LogP contribution < -0.4 is 10.6 Å². The number of hydrogen-bond donors (Lipinski definition) is 2. The number of nitrogens with one attached hydrogen (secondary N) is 2. The number of anilines is 2. The van der Waals surface area contributed by atoms with Gasteiger partial charge in [0.25, 0.3) is 5.91 Å². The molecule has 2 N–H and O–H groups in total. The molecule has 9 heteroatoms. The van der Waals surface area contributed by atoms with E-state index in [1.54, 1.807) is 11.3 Å². The lowest BCUT2D eigenvalue weighted by Crippen LogP contribution is -2.42. The van der Waals surface area contributed by atoms with Crippen molar-refractivity contribution in [2.75, 3.05) is 18.4 Å². The molecule has 4 heterocycles. The van der Waals surface area contributed by atoms with Crippen molar-refractivity contribution in [3.63, 3.8) is 0 Å². The summed E-state index contributed by atoms with van der Waals surface area (Å²) in [4.78, 5) is 21.7. The lowest BCUT2D eigenvalue weighted by Gasteiger charge is -2.27. The first-order chi connectivity index (χ1) is 12.8. The highest BCUT2D eigenvalue weighted by molar-refractivity contribution is 7.29. The van der Waals surface area contributed by atoms with Gasteiger partial charge >= 0.3 is 0 Å². The smallest absolute Gasteiger partial charge is 0.264 e. The number of thiazole rings is 1. The van der Waals surface area contributed by atoms with Crippen LogP contribution in [0.15, 0.2) is 36.4 Å². The zero-order chi connectivity index (χ0) is 17.5. The van der Waals surface area contributed by atoms with E-state index >= 15 is 0 Å². The van der Waals surface area contributed by atoms with Gasteiger partial charge in [0.1, 0.15) is 4.83 Å². The summed E-state index contributed by atoms with van der Waals surface area (Å²) in [6.07, 6.45) is 3.32. The first kappa shape index (κ1) is 21.3. The van der Waals surface area contributed by atoms with Crippen LogP contribution in [-0.2, 0) is 0 Å². The van der Waals surface area contributed by atoms with Crippen LogP contribution in [0, 0.1) is 0 Å². The molecule has 28 heavy (non-hydrogen) atoms. The number of carbonyl (C=O) groups excluding carboxylic acids is 1. The SMILES string of the molecule is Cl.Cl.O=C(c1cc2sc(Nc3ccccc3)nc2s1)N1C2CCNCC1CC2. The van der Waals surface area contributed by atoms with Crippen molar-refractivity contribution in [1.29, 1.82) is 0 Å². The van der Waals surface area contributed by atoms with Gasteiger partial charge in [-0.2, -0.15) is 0 Å². The zero-order valence-electron chi connectivity index (χ0n) is 15.1. The van der Waals surface area contributed by atoms with Crippen LogP contribution in [0.3, 0.4) is 0 Å². The van der Waals surface area contributed by atoms with Crippen molar-refractivity contribution >= 4 is 73.7 Å². The van der Waals surface area contributed by atoms with Gasteiger partial charge in [-0.25, -0.2) is 4.98 Å². The third-order valence-electron chi connectivity index (χ3n) is 5.21. The summed E-state index contributed by atoms with van der Waals surface area (Å²) in [7, 11) is 0. The Morgan fingerprint density at radius 2 is 1.89 bits per heavy atom. The van der Waals surface area contributed by atoms with E-state index in [2.05, 4.69) is 20.5 Å². The molecule has 2 saturated heterocycles. The molecule has 2 aromatic heterocycles. The normalized spacial score (nSPS) is 20.9.